The highest BCUT2D eigenvalue weighted by atomic mass is 16.5. The molecule has 0 radical (unpaired) electrons. The maximum Gasteiger partial charge on any atom is 0.168 e. The Morgan fingerprint density at radius 2 is 1.73 bits per heavy atom. The van der Waals surface area contributed by atoms with E-state index in [0.717, 1.165) is 48.2 Å². The highest BCUT2D eigenvalue weighted by Crippen LogP contribution is 2.54. The zero-order valence-electron chi connectivity index (χ0n) is 17.2. The molecule has 0 amide bonds. The first-order valence-corrected chi connectivity index (χ1v) is 10.2. The van der Waals surface area contributed by atoms with Gasteiger partial charge in [0.15, 0.2) is 23.0 Å². The van der Waals surface area contributed by atoms with E-state index in [2.05, 4.69) is 29.2 Å². The Hall–Kier alpha value is -3.18. The SMILES string of the molecule is COc1cc2c(cc1O)CC1c3c(cc(O)c(OC)c3-2)CCN1Cc1ccccc1. The molecule has 0 saturated heterocycles. The van der Waals surface area contributed by atoms with Crippen LogP contribution < -0.4 is 9.47 Å². The lowest BCUT2D eigenvalue weighted by Crippen LogP contribution is -2.38. The Bertz CT molecular complexity index is 1110. The Balaban J connectivity index is 1.70. The molecule has 2 aliphatic rings. The van der Waals surface area contributed by atoms with Crippen molar-refractivity contribution in [2.75, 3.05) is 20.8 Å². The van der Waals surface area contributed by atoms with Crippen LogP contribution in [-0.2, 0) is 19.4 Å². The lowest BCUT2D eigenvalue weighted by molar-refractivity contribution is 0.173. The maximum atomic E-state index is 10.7. The van der Waals surface area contributed by atoms with Crippen molar-refractivity contribution in [3.05, 3.63) is 70.8 Å². The zero-order valence-corrected chi connectivity index (χ0v) is 17.2. The number of rotatable bonds is 4. The Morgan fingerprint density at radius 3 is 2.47 bits per heavy atom. The highest BCUT2D eigenvalue weighted by Gasteiger charge is 2.37. The third kappa shape index (κ3) is 2.89. The van der Waals surface area contributed by atoms with Crippen molar-refractivity contribution in [2.24, 2.45) is 0 Å². The van der Waals surface area contributed by atoms with Crippen LogP contribution in [-0.4, -0.2) is 35.9 Å². The van der Waals surface area contributed by atoms with Crippen molar-refractivity contribution in [3.8, 4) is 34.1 Å². The van der Waals surface area contributed by atoms with Crippen molar-refractivity contribution in [2.45, 2.75) is 25.4 Å². The number of aromatic hydroxyl groups is 2. The second kappa shape index (κ2) is 7.26. The second-order valence-electron chi connectivity index (χ2n) is 7.98. The number of hydrogen-bond donors (Lipinski definition) is 2. The molecular weight excluding hydrogens is 378 g/mol. The van der Waals surface area contributed by atoms with Gasteiger partial charge in [0, 0.05) is 24.7 Å². The van der Waals surface area contributed by atoms with Crippen LogP contribution in [0.1, 0.15) is 28.3 Å². The van der Waals surface area contributed by atoms with E-state index >= 15 is 0 Å². The Labute approximate surface area is 176 Å². The van der Waals surface area contributed by atoms with Gasteiger partial charge in [0.1, 0.15) is 0 Å². The molecule has 0 bridgehead atoms. The molecule has 0 fully saturated rings. The van der Waals surface area contributed by atoms with Crippen molar-refractivity contribution in [1.82, 2.24) is 4.90 Å². The fourth-order valence-electron chi connectivity index (χ4n) is 5.01. The predicted octanol–water partition coefficient (Wildman–Crippen LogP) is 4.44. The fourth-order valence-corrected chi connectivity index (χ4v) is 5.01. The van der Waals surface area contributed by atoms with E-state index in [1.54, 1.807) is 20.3 Å². The quantitative estimate of drug-likeness (QED) is 0.675. The van der Waals surface area contributed by atoms with Gasteiger partial charge in [-0.15, -0.1) is 0 Å². The van der Waals surface area contributed by atoms with Gasteiger partial charge in [-0.25, -0.2) is 0 Å². The number of benzene rings is 3. The second-order valence-corrected chi connectivity index (χ2v) is 7.98. The van der Waals surface area contributed by atoms with Crippen LogP contribution in [0, 0.1) is 0 Å². The molecule has 30 heavy (non-hydrogen) atoms. The largest absolute Gasteiger partial charge is 0.504 e. The van der Waals surface area contributed by atoms with Crippen LogP contribution in [0.5, 0.6) is 23.0 Å². The number of ether oxygens (including phenoxy) is 2. The van der Waals surface area contributed by atoms with Crippen LogP contribution >= 0.6 is 0 Å². The van der Waals surface area contributed by atoms with Gasteiger partial charge in [0.2, 0.25) is 0 Å². The summed E-state index contributed by atoms with van der Waals surface area (Å²) in [6.45, 7) is 1.76. The average Bonchev–Trinajstić information content (AvgIpc) is 2.75. The van der Waals surface area contributed by atoms with Crippen LogP contribution in [0.2, 0.25) is 0 Å². The van der Waals surface area contributed by atoms with Crippen LogP contribution in [0.25, 0.3) is 11.1 Å². The number of methoxy groups -OCH3 is 2. The van der Waals surface area contributed by atoms with Crippen molar-refractivity contribution in [3.63, 3.8) is 0 Å². The minimum Gasteiger partial charge on any atom is -0.504 e. The first-order chi connectivity index (χ1) is 14.6. The van der Waals surface area contributed by atoms with Crippen molar-refractivity contribution in [1.29, 1.82) is 0 Å². The molecule has 0 aromatic heterocycles. The van der Waals surface area contributed by atoms with Crippen molar-refractivity contribution < 1.29 is 19.7 Å². The van der Waals surface area contributed by atoms with Crippen molar-refractivity contribution >= 4 is 0 Å². The molecule has 5 rings (SSSR count). The summed E-state index contributed by atoms with van der Waals surface area (Å²) in [5.74, 6) is 1.18. The summed E-state index contributed by atoms with van der Waals surface area (Å²) >= 11 is 0. The summed E-state index contributed by atoms with van der Waals surface area (Å²) in [4.78, 5) is 2.49. The first-order valence-electron chi connectivity index (χ1n) is 10.2. The summed E-state index contributed by atoms with van der Waals surface area (Å²) in [7, 11) is 3.13. The van der Waals surface area contributed by atoms with Gasteiger partial charge in [-0.2, -0.15) is 0 Å². The molecule has 0 saturated carbocycles. The summed E-state index contributed by atoms with van der Waals surface area (Å²) < 4.78 is 11.0. The number of fused-ring (bicyclic) bond motifs is 2. The van der Waals surface area contributed by atoms with E-state index in [4.69, 9.17) is 9.47 Å². The maximum absolute atomic E-state index is 10.7. The smallest absolute Gasteiger partial charge is 0.168 e. The lowest BCUT2D eigenvalue weighted by atomic mass is 9.76. The van der Waals surface area contributed by atoms with Gasteiger partial charge in [0.25, 0.3) is 0 Å². The Morgan fingerprint density at radius 1 is 0.967 bits per heavy atom. The van der Waals surface area contributed by atoms with E-state index in [9.17, 15) is 10.2 Å². The third-order valence-electron chi connectivity index (χ3n) is 6.35. The molecular formula is C25H25NO4. The normalized spacial score (nSPS) is 17.2. The van der Waals surface area contributed by atoms with E-state index in [1.807, 2.05) is 18.2 Å². The van der Waals surface area contributed by atoms with Gasteiger partial charge < -0.3 is 19.7 Å². The monoisotopic (exact) mass is 403 g/mol. The van der Waals surface area contributed by atoms with Crippen LogP contribution in [0.15, 0.2) is 48.5 Å². The lowest BCUT2D eigenvalue weighted by Gasteiger charge is -2.42. The third-order valence-corrected chi connectivity index (χ3v) is 6.35. The van der Waals surface area contributed by atoms with E-state index in [-0.39, 0.29) is 17.5 Å². The van der Waals surface area contributed by atoms with E-state index in [1.165, 1.54) is 11.1 Å². The number of hydrogen-bond acceptors (Lipinski definition) is 5. The highest BCUT2D eigenvalue weighted by molar-refractivity contribution is 5.84. The topological polar surface area (TPSA) is 62.2 Å². The molecule has 1 aliphatic heterocycles. The standard InChI is InChI=1S/C25H25NO4/c1-29-22-13-18-17(12-20(22)27)10-19-23-16(11-21(28)25(30-2)24(18)23)8-9-26(19)14-15-6-4-3-5-7-15/h3-7,11-13,19,27-28H,8-10,14H2,1-2H3. The fraction of sp³-hybridized carbons (Fsp3) is 0.280. The molecule has 0 spiro atoms. The predicted molar refractivity (Wildman–Crippen MR) is 115 cm³/mol. The molecule has 5 heteroatoms. The average molecular weight is 403 g/mol. The molecule has 1 unspecified atom stereocenters. The summed E-state index contributed by atoms with van der Waals surface area (Å²) in [6, 6.07) is 16.1. The Kier molecular flexibility index (Phi) is 4.55. The molecule has 5 nitrogen and oxygen atoms in total. The van der Waals surface area contributed by atoms with Gasteiger partial charge in [-0.3, -0.25) is 4.90 Å². The molecule has 1 heterocycles. The molecule has 3 aromatic rings. The van der Waals surface area contributed by atoms with Crippen LogP contribution in [0.4, 0.5) is 0 Å². The van der Waals surface area contributed by atoms with Gasteiger partial charge in [0.05, 0.1) is 14.2 Å². The van der Waals surface area contributed by atoms with Gasteiger partial charge >= 0.3 is 0 Å². The molecule has 1 atom stereocenters. The summed E-state index contributed by atoms with van der Waals surface area (Å²) in [5.41, 5.74) is 6.54. The number of phenols is 2. The zero-order chi connectivity index (χ0) is 20.8. The van der Waals surface area contributed by atoms with Gasteiger partial charge in [-0.1, -0.05) is 30.3 Å². The minimum atomic E-state index is 0.129. The van der Waals surface area contributed by atoms with E-state index in [0.29, 0.717) is 11.5 Å². The molecule has 3 aromatic carbocycles. The van der Waals surface area contributed by atoms with E-state index < -0.39 is 0 Å². The number of phenolic OH excluding ortho intramolecular Hbond substituents is 2. The first kappa shape index (κ1) is 18.8. The minimum absolute atomic E-state index is 0.129. The molecule has 2 N–H and O–H groups in total. The van der Waals surface area contributed by atoms with Gasteiger partial charge in [-0.05, 0) is 58.9 Å². The molecule has 1 aliphatic carbocycles. The summed E-state index contributed by atoms with van der Waals surface area (Å²) in [5, 5.41) is 21.1. The molecule has 154 valence electrons. The number of nitrogens with zero attached hydrogens (tertiary/aromatic N) is 1. The van der Waals surface area contributed by atoms with Crippen LogP contribution in [0.3, 0.4) is 0 Å². The summed E-state index contributed by atoms with van der Waals surface area (Å²) in [6.07, 6.45) is 1.65.